The van der Waals surface area contributed by atoms with Crippen molar-refractivity contribution in [3.05, 3.63) is 34.9 Å². The van der Waals surface area contributed by atoms with Crippen molar-refractivity contribution in [2.24, 2.45) is 11.3 Å². The van der Waals surface area contributed by atoms with Gasteiger partial charge in [0, 0.05) is 24.5 Å². The molecule has 0 radical (unpaired) electrons. The molecule has 29 heavy (non-hydrogen) atoms. The van der Waals surface area contributed by atoms with E-state index in [-0.39, 0.29) is 23.1 Å². The van der Waals surface area contributed by atoms with Gasteiger partial charge in [0.05, 0.1) is 0 Å². The molecular weight excluding hydrogens is 384 g/mol. The Balaban J connectivity index is 2.04. The number of likely N-dealkylation sites (tertiary alicyclic amines) is 1. The second-order valence-corrected chi connectivity index (χ2v) is 9.82. The highest BCUT2D eigenvalue weighted by Gasteiger charge is 2.40. The van der Waals surface area contributed by atoms with E-state index in [1.807, 2.05) is 30.9 Å². The van der Waals surface area contributed by atoms with E-state index >= 15 is 0 Å². The molecule has 0 aliphatic carbocycles. The molecule has 1 saturated heterocycles. The van der Waals surface area contributed by atoms with Crippen LogP contribution in [-0.2, 0) is 9.59 Å². The van der Waals surface area contributed by atoms with E-state index in [1.54, 1.807) is 0 Å². The molecule has 0 bridgehead atoms. The third kappa shape index (κ3) is 6.47. The largest absolute Gasteiger partial charge is 0.344 e. The van der Waals surface area contributed by atoms with Crippen LogP contribution >= 0.6 is 11.6 Å². The van der Waals surface area contributed by atoms with Crippen molar-refractivity contribution in [1.29, 1.82) is 0 Å². The van der Waals surface area contributed by atoms with Gasteiger partial charge in [0.1, 0.15) is 6.04 Å². The van der Waals surface area contributed by atoms with E-state index in [2.05, 4.69) is 38.2 Å². The molecule has 0 aromatic heterocycles. The minimum Gasteiger partial charge on any atom is -0.344 e. The molecule has 1 N–H and O–H groups in total. The molecule has 1 aliphatic heterocycles. The van der Waals surface area contributed by atoms with E-state index in [0.29, 0.717) is 25.4 Å². The van der Waals surface area contributed by atoms with Gasteiger partial charge in [0.15, 0.2) is 0 Å². The van der Waals surface area contributed by atoms with E-state index in [4.69, 9.17) is 11.6 Å². The number of hydrogen-bond acceptors (Lipinski definition) is 2. The van der Waals surface area contributed by atoms with E-state index in [1.165, 1.54) is 5.56 Å². The van der Waals surface area contributed by atoms with Crippen LogP contribution in [0.1, 0.15) is 78.2 Å². The highest BCUT2D eigenvalue weighted by molar-refractivity contribution is 6.30. The molecule has 5 heteroatoms. The zero-order chi connectivity index (χ0) is 21.6. The minimum absolute atomic E-state index is 0.0131. The minimum atomic E-state index is -0.452. The summed E-state index contributed by atoms with van der Waals surface area (Å²) in [5.74, 6) is 0.479. The number of nitrogens with one attached hydrogen (secondary N) is 1. The number of carbonyl (C=O) groups excluding carboxylic acids is 2. The topological polar surface area (TPSA) is 49.4 Å². The Bertz CT molecular complexity index is 685. The first-order valence-corrected chi connectivity index (χ1v) is 11.4. The van der Waals surface area contributed by atoms with Gasteiger partial charge in [-0.25, -0.2) is 0 Å². The van der Waals surface area contributed by atoms with Crippen molar-refractivity contribution in [1.82, 2.24) is 10.2 Å². The molecule has 2 rings (SSSR count). The van der Waals surface area contributed by atoms with Gasteiger partial charge in [-0.15, -0.1) is 0 Å². The number of unbranched alkanes of at least 4 members (excludes halogenated alkanes) is 2. The van der Waals surface area contributed by atoms with Crippen LogP contribution in [0.25, 0.3) is 0 Å². The number of nitrogens with zero attached hydrogens (tertiary/aromatic N) is 1. The maximum atomic E-state index is 13.3. The molecule has 1 fully saturated rings. The number of piperidine rings is 1. The molecular formula is C24H37ClN2O2. The second-order valence-electron chi connectivity index (χ2n) is 9.39. The monoisotopic (exact) mass is 420 g/mol. The average molecular weight is 421 g/mol. The number of benzene rings is 1. The SMILES string of the molecule is CCCCCC(=O)N[C@@H](C(=O)N1CC[C@H](c2ccc(Cl)cc2)C(C)(C)C1)C(C)C. The van der Waals surface area contributed by atoms with Crippen LogP contribution in [0.4, 0.5) is 0 Å². The molecule has 162 valence electrons. The summed E-state index contributed by atoms with van der Waals surface area (Å²) in [5.41, 5.74) is 1.23. The summed E-state index contributed by atoms with van der Waals surface area (Å²) in [6.07, 6.45) is 4.41. The standard InChI is InChI=1S/C24H37ClN2O2/c1-6-7-8-9-21(28)26-22(17(2)3)23(29)27-15-14-20(24(4,5)16-27)18-10-12-19(25)13-11-18/h10-13,17,20,22H,6-9,14-16H2,1-5H3,(H,26,28)/t20-,22-/m1/s1. The Morgan fingerprint density at radius 3 is 2.41 bits per heavy atom. The van der Waals surface area contributed by atoms with E-state index in [9.17, 15) is 9.59 Å². The zero-order valence-electron chi connectivity index (χ0n) is 18.6. The number of amides is 2. The number of carbonyl (C=O) groups is 2. The third-order valence-corrected chi connectivity index (χ3v) is 6.32. The molecule has 1 heterocycles. The summed E-state index contributed by atoms with van der Waals surface area (Å²) in [6.45, 7) is 12.0. The molecule has 1 aliphatic rings. The summed E-state index contributed by atoms with van der Waals surface area (Å²) in [7, 11) is 0. The molecule has 0 unspecified atom stereocenters. The average Bonchev–Trinajstić information content (AvgIpc) is 2.66. The van der Waals surface area contributed by atoms with Crippen LogP contribution in [0.3, 0.4) is 0 Å². The van der Waals surface area contributed by atoms with Crippen molar-refractivity contribution >= 4 is 23.4 Å². The molecule has 0 spiro atoms. The molecule has 2 atom stereocenters. The lowest BCUT2D eigenvalue weighted by atomic mass is 9.70. The Morgan fingerprint density at radius 1 is 1.21 bits per heavy atom. The quantitative estimate of drug-likeness (QED) is 0.572. The molecule has 4 nitrogen and oxygen atoms in total. The summed E-state index contributed by atoms with van der Waals surface area (Å²) in [6, 6.07) is 7.62. The van der Waals surface area contributed by atoms with Crippen molar-refractivity contribution in [2.75, 3.05) is 13.1 Å². The van der Waals surface area contributed by atoms with Crippen molar-refractivity contribution in [2.45, 2.75) is 78.7 Å². The van der Waals surface area contributed by atoms with Crippen LogP contribution in [0.15, 0.2) is 24.3 Å². The lowest BCUT2D eigenvalue weighted by Gasteiger charge is -2.45. The van der Waals surface area contributed by atoms with Crippen LogP contribution in [-0.4, -0.2) is 35.8 Å². The van der Waals surface area contributed by atoms with Gasteiger partial charge >= 0.3 is 0 Å². The van der Waals surface area contributed by atoms with Crippen molar-refractivity contribution in [3.8, 4) is 0 Å². The Labute approximate surface area is 181 Å². The van der Waals surface area contributed by atoms with Gasteiger partial charge < -0.3 is 10.2 Å². The maximum absolute atomic E-state index is 13.3. The van der Waals surface area contributed by atoms with Crippen LogP contribution < -0.4 is 5.32 Å². The Morgan fingerprint density at radius 2 is 1.86 bits per heavy atom. The summed E-state index contributed by atoms with van der Waals surface area (Å²) < 4.78 is 0. The Kier molecular flexibility index (Phi) is 8.57. The zero-order valence-corrected chi connectivity index (χ0v) is 19.4. The highest BCUT2D eigenvalue weighted by atomic mass is 35.5. The van der Waals surface area contributed by atoms with Gasteiger partial charge in [-0.2, -0.15) is 0 Å². The second kappa shape index (κ2) is 10.5. The van der Waals surface area contributed by atoms with E-state index < -0.39 is 6.04 Å². The predicted octanol–water partition coefficient (Wildman–Crippen LogP) is 5.40. The number of hydrogen-bond donors (Lipinski definition) is 1. The Hall–Kier alpha value is -1.55. The lowest BCUT2D eigenvalue weighted by molar-refractivity contribution is -0.140. The fraction of sp³-hybridized carbons (Fsp3) is 0.667. The van der Waals surface area contributed by atoms with Gasteiger partial charge in [-0.1, -0.05) is 71.2 Å². The number of rotatable bonds is 8. The normalized spacial score (nSPS) is 19.8. The maximum Gasteiger partial charge on any atom is 0.245 e. The predicted molar refractivity (Wildman–Crippen MR) is 120 cm³/mol. The highest BCUT2D eigenvalue weighted by Crippen LogP contribution is 2.42. The van der Waals surface area contributed by atoms with Crippen LogP contribution in [0, 0.1) is 11.3 Å². The van der Waals surface area contributed by atoms with E-state index in [0.717, 1.165) is 30.7 Å². The first-order valence-electron chi connectivity index (χ1n) is 11.0. The third-order valence-electron chi connectivity index (χ3n) is 6.07. The molecule has 2 amide bonds. The van der Waals surface area contributed by atoms with Gasteiger partial charge in [0.2, 0.25) is 11.8 Å². The first-order chi connectivity index (χ1) is 13.7. The fourth-order valence-corrected chi connectivity index (χ4v) is 4.48. The van der Waals surface area contributed by atoms with Gasteiger partial charge in [-0.05, 0) is 47.8 Å². The smallest absolute Gasteiger partial charge is 0.245 e. The summed E-state index contributed by atoms with van der Waals surface area (Å²) >= 11 is 6.04. The van der Waals surface area contributed by atoms with Crippen molar-refractivity contribution < 1.29 is 9.59 Å². The van der Waals surface area contributed by atoms with Crippen molar-refractivity contribution in [3.63, 3.8) is 0 Å². The summed E-state index contributed by atoms with van der Waals surface area (Å²) in [5, 5.41) is 3.75. The van der Waals surface area contributed by atoms with Crippen LogP contribution in [0.2, 0.25) is 5.02 Å². The van der Waals surface area contributed by atoms with Crippen LogP contribution in [0.5, 0.6) is 0 Å². The summed E-state index contributed by atoms with van der Waals surface area (Å²) in [4.78, 5) is 27.5. The molecule has 0 saturated carbocycles. The molecule has 1 aromatic carbocycles. The lowest BCUT2D eigenvalue weighted by Crippen LogP contribution is -2.55. The molecule has 1 aromatic rings. The number of halogens is 1. The van der Waals surface area contributed by atoms with Gasteiger partial charge in [-0.3, -0.25) is 9.59 Å². The first kappa shape index (κ1) is 23.7. The van der Waals surface area contributed by atoms with Gasteiger partial charge in [0.25, 0.3) is 0 Å². The fourth-order valence-electron chi connectivity index (χ4n) is 4.35.